The lowest BCUT2D eigenvalue weighted by atomic mass is 10.4. The fourth-order valence-electron chi connectivity index (χ4n) is 2.05. The van der Waals surface area contributed by atoms with Crippen LogP contribution >= 0.6 is 0 Å². The Hall–Kier alpha value is -0.850. The van der Waals surface area contributed by atoms with Gasteiger partial charge in [-0.3, -0.25) is 0 Å². The number of nitrogens with one attached hydrogen (secondary N) is 1. The summed E-state index contributed by atoms with van der Waals surface area (Å²) in [5.74, 6) is 0.672. The van der Waals surface area contributed by atoms with Crippen LogP contribution in [0.25, 0.3) is 0 Å². The van der Waals surface area contributed by atoms with Crippen molar-refractivity contribution in [2.45, 2.75) is 57.3 Å². The highest BCUT2D eigenvalue weighted by atomic mass is 32.2. The predicted molar refractivity (Wildman–Crippen MR) is 73.3 cm³/mol. The summed E-state index contributed by atoms with van der Waals surface area (Å²) in [7, 11) is -3.51. The standard InChI is InChI=1S/C13H22N2O3S/c1-4-15(10(2)3)19(16,17)13-8-7-12(18-13)9-14-11-5-6-11/h7-8,10-11,14H,4-6,9H2,1-3H3. The zero-order chi connectivity index (χ0) is 14.0. The van der Waals surface area contributed by atoms with Crippen LogP contribution in [0.2, 0.25) is 0 Å². The number of rotatable bonds is 7. The summed E-state index contributed by atoms with van der Waals surface area (Å²) in [5.41, 5.74) is 0. The van der Waals surface area contributed by atoms with Crippen LogP contribution in [0.4, 0.5) is 0 Å². The van der Waals surface area contributed by atoms with Gasteiger partial charge >= 0.3 is 0 Å². The molecular formula is C13H22N2O3S. The molecule has 19 heavy (non-hydrogen) atoms. The first kappa shape index (κ1) is 14.6. The van der Waals surface area contributed by atoms with Crippen molar-refractivity contribution in [2.75, 3.05) is 6.54 Å². The van der Waals surface area contributed by atoms with E-state index in [4.69, 9.17) is 4.42 Å². The van der Waals surface area contributed by atoms with Crippen LogP contribution in [0.1, 0.15) is 39.4 Å². The van der Waals surface area contributed by atoms with Crippen molar-refractivity contribution in [1.82, 2.24) is 9.62 Å². The summed E-state index contributed by atoms with van der Waals surface area (Å²) in [6.07, 6.45) is 2.39. The first-order valence-corrected chi connectivity index (χ1v) is 8.23. The van der Waals surface area contributed by atoms with Crippen molar-refractivity contribution in [1.29, 1.82) is 0 Å². The number of nitrogens with zero attached hydrogens (tertiary/aromatic N) is 1. The van der Waals surface area contributed by atoms with Crippen molar-refractivity contribution in [3.8, 4) is 0 Å². The quantitative estimate of drug-likeness (QED) is 0.832. The van der Waals surface area contributed by atoms with Crippen molar-refractivity contribution >= 4 is 10.0 Å². The van der Waals surface area contributed by atoms with Gasteiger partial charge in [0.05, 0.1) is 6.54 Å². The molecule has 1 aromatic heterocycles. The highest BCUT2D eigenvalue weighted by molar-refractivity contribution is 7.89. The highest BCUT2D eigenvalue weighted by Crippen LogP contribution is 2.22. The van der Waals surface area contributed by atoms with Crippen LogP contribution < -0.4 is 5.32 Å². The lowest BCUT2D eigenvalue weighted by Gasteiger charge is -2.22. The molecule has 2 rings (SSSR count). The van der Waals surface area contributed by atoms with Crippen LogP contribution in [-0.4, -0.2) is 31.4 Å². The molecule has 0 aromatic carbocycles. The highest BCUT2D eigenvalue weighted by Gasteiger charge is 2.29. The Morgan fingerprint density at radius 1 is 1.42 bits per heavy atom. The van der Waals surface area contributed by atoms with E-state index in [9.17, 15) is 8.42 Å². The summed E-state index contributed by atoms with van der Waals surface area (Å²) in [5, 5.41) is 3.34. The second kappa shape index (κ2) is 5.64. The predicted octanol–water partition coefficient (Wildman–Crippen LogP) is 1.95. The molecule has 1 heterocycles. The van der Waals surface area contributed by atoms with Gasteiger partial charge in [-0.25, -0.2) is 8.42 Å². The van der Waals surface area contributed by atoms with Gasteiger partial charge in [-0.2, -0.15) is 4.31 Å². The van der Waals surface area contributed by atoms with Crippen LogP contribution in [0.5, 0.6) is 0 Å². The first-order valence-electron chi connectivity index (χ1n) is 6.79. The summed E-state index contributed by atoms with van der Waals surface area (Å²) in [6, 6.07) is 3.78. The van der Waals surface area contributed by atoms with Crippen molar-refractivity contribution in [3.63, 3.8) is 0 Å². The molecule has 6 heteroatoms. The third kappa shape index (κ3) is 3.38. The van der Waals surface area contributed by atoms with Crippen LogP contribution in [0, 0.1) is 0 Å². The molecule has 1 fully saturated rings. The minimum absolute atomic E-state index is 0.0376. The molecule has 1 aliphatic rings. The molecule has 0 aliphatic heterocycles. The normalized spacial score (nSPS) is 16.5. The molecule has 0 unspecified atom stereocenters. The Morgan fingerprint density at radius 3 is 2.63 bits per heavy atom. The van der Waals surface area contributed by atoms with Crippen LogP contribution in [-0.2, 0) is 16.6 Å². The second-order valence-electron chi connectivity index (χ2n) is 5.18. The van der Waals surface area contributed by atoms with E-state index in [1.54, 1.807) is 12.1 Å². The summed E-state index contributed by atoms with van der Waals surface area (Å²) >= 11 is 0. The Balaban J connectivity index is 2.10. The van der Waals surface area contributed by atoms with Gasteiger partial charge in [-0.15, -0.1) is 0 Å². The monoisotopic (exact) mass is 286 g/mol. The lowest BCUT2D eigenvalue weighted by molar-refractivity contribution is 0.339. The molecule has 1 saturated carbocycles. The van der Waals surface area contributed by atoms with Gasteiger partial charge in [-0.1, -0.05) is 6.92 Å². The molecule has 1 aromatic rings. The summed E-state index contributed by atoms with van der Waals surface area (Å²) in [4.78, 5) is 0. The van der Waals surface area contributed by atoms with Crippen LogP contribution in [0.3, 0.4) is 0 Å². The molecule has 0 bridgehead atoms. The van der Waals surface area contributed by atoms with Gasteiger partial charge < -0.3 is 9.73 Å². The van der Waals surface area contributed by atoms with E-state index in [-0.39, 0.29) is 11.1 Å². The molecule has 108 valence electrons. The van der Waals surface area contributed by atoms with E-state index in [1.807, 2.05) is 20.8 Å². The molecular weight excluding hydrogens is 264 g/mol. The maximum atomic E-state index is 12.4. The number of hydrogen-bond acceptors (Lipinski definition) is 4. The summed E-state index contributed by atoms with van der Waals surface area (Å²) < 4.78 is 31.7. The first-order chi connectivity index (χ1) is 8.95. The average Bonchev–Trinajstić information content (AvgIpc) is 3.03. The third-order valence-electron chi connectivity index (χ3n) is 3.23. The number of hydrogen-bond donors (Lipinski definition) is 1. The zero-order valence-electron chi connectivity index (χ0n) is 11.7. The number of furan rings is 1. The Labute approximate surface area is 115 Å². The van der Waals surface area contributed by atoms with Crippen molar-refractivity contribution < 1.29 is 12.8 Å². The smallest absolute Gasteiger partial charge is 0.276 e. The zero-order valence-corrected chi connectivity index (χ0v) is 12.5. The van der Waals surface area contributed by atoms with E-state index < -0.39 is 10.0 Å². The van der Waals surface area contributed by atoms with E-state index in [1.165, 1.54) is 17.1 Å². The summed E-state index contributed by atoms with van der Waals surface area (Å²) in [6.45, 7) is 6.58. The van der Waals surface area contributed by atoms with Gasteiger partial charge in [-0.05, 0) is 38.8 Å². The lowest BCUT2D eigenvalue weighted by Crippen LogP contribution is -2.36. The van der Waals surface area contributed by atoms with E-state index in [0.29, 0.717) is 24.9 Å². The maximum Gasteiger partial charge on any atom is 0.276 e. The van der Waals surface area contributed by atoms with Gasteiger partial charge in [0.25, 0.3) is 10.0 Å². The molecule has 0 amide bonds. The molecule has 0 radical (unpaired) electrons. The van der Waals surface area contributed by atoms with Crippen molar-refractivity contribution in [3.05, 3.63) is 17.9 Å². The maximum absolute atomic E-state index is 12.4. The topological polar surface area (TPSA) is 62.6 Å². The van der Waals surface area contributed by atoms with Crippen molar-refractivity contribution in [2.24, 2.45) is 0 Å². The average molecular weight is 286 g/mol. The van der Waals surface area contributed by atoms with Gasteiger partial charge in [0.2, 0.25) is 5.09 Å². The molecule has 0 atom stereocenters. The molecule has 0 spiro atoms. The van der Waals surface area contributed by atoms with Crippen LogP contribution in [0.15, 0.2) is 21.6 Å². The number of sulfonamides is 1. The SMILES string of the molecule is CCN(C(C)C)S(=O)(=O)c1ccc(CNC2CC2)o1. The molecule has 0 saturated heterocycles. The minimum atomic E-state index is -3.51. The Kier molecular flexibility index (Phi) is 4.32. The second-order valence-corrected chi connectivity index (χ2v) is 7.00. The fourth-order valence-corrected chi connectivity index (χ4v) is 3.63. The molecule has 5 nitrogen and oxygen atoms in total. The fraction of sp³-hybridized carbons (Fsp3) is 0.692. The van der Waals surface area contributed by atoms with E-state index in [2.05, 4.69) is 5.32 Å². The van der Waals surface area contributed by atoms with E-state index in [0.717, 1.165) is 0 Å². The third-order valence-corrected chi connectivity index (χ3v) is 5.26. The largest absolute Gasteiger partial charge is 0.447 e. The van der Waals surface area contributed by atoms with Gasteiger partial charge in [0.15, 0.2) is 0 Å². The minimum Gasteiger partial charge on any atom is -0.447 e. The Morgan fingerprint density at radius 2 is 2.11 bits per heavy atom. The Bertz CT molecular complexity index is 518. The van der Waals surface area contributed by atoms with Gasteiger partial charge in [0.1, 0.15) is 5.76 Å². The molecule has 1 N–H and O–H groups in total. The van der Waals surface area contributed by atoms with E-state index >= 15 is 0 Å². The van der Waals surface area contributed by atoms with Gasteiger partial charge in [0, 0.05) is 18.6 Å². The molecule has 1 aliphatic carbocycles.